The molecule has 3 nitrogen and oxygen atoms in total. The minimum atomic E-state index is 0.146. The first-order valence-corrected chi connectivity index (χ1v) is 5.44. The van der Waals surface area contributed by atoms with Crippen molar-refractivity contribution in [1.29, 1.82) is 0 Å². The zero-order valence-corrected chi connectivity index (χ0v) is 9.79. The van der Waals surface area contributed by atoms with Crippen LogP contribution in [-0.2, 0) is 4.79 Å². The van der Waals surface area contributed by atoms with Crippen LogP contribution in [0.3, 0.4) is 0 Å². The maximum atomic E-state index is 11.7. The van der Waals surface area contributed by atoms with Gasteiger partial charge in [0.2, 0.25) is 5.91 Å². The first-order valence-electron chi connectivity index (χ1n) is 5.44. The minimum Gasteiger partial charge on any atom is -0.342 e. The van der Waals surface area contributed by atoms with Crippen molar-refractivity contribution in [3.05, 3.63) is 0 Å². The lowest BCUT2D eigenvalue weighted by atomic mass is 10.1. The summed E-state index contributed by atoms with van der Waals surface area (Å²) in [5, 5.41) is 0. The van der Waals surface area contributed by atoms with Gasteiger partial charge in [-0.3, -0.25) is 4.79 Å². The van der Waals surface area contributed by atoms with Crippen LogP contribution < -0.4 is 0 Å². The van der Waals surface area contributed by atoms with E-state index in [0.717, 1.165) is 26.1 Å². The SMILES string of the molecule is CC(C)C(=O)N1CCC(CN(C)C)C1. The Balaban J connectivity index is 2.37. The molecule has 0 bridgehead atoms. The van der Waals surface area contributed by atoms with E-state index in [0.29, 0.717) is 11.8 Å². The first-order chi connectivity index (χ1) is 6.50. The molecule has 1 atom stereocenters. The maximum Gasteiger partial charge on any atom is 0.225 e. The third kappa shape index (κ3) is 2.98. The Morgan fingerprint density at radius 2 is 2.14 bits per heavy atom. The van der Waals surface area contributed by atoms with Gasteiger partial charge in [-0.1, -0.05) is 13.8 Å². The maximum absolute atomic E-state index is 11.7. The molecule has 1 saturated heterocycles. The van der Waals surface area contributed by atoms with Crippen LogP contribution in [0.25, 0.3) is 0 Å². The van der Waals surface area contributed by atoms with Gasteiger partial charge in [-0.2, -0.15) is 0 Å². The smallest absolute Gasteiger partial charge is 0.225 e. The Kier molecular flexibility index (Phi) is 3.93. The number of amides is 1. The molecule has 0 radical (unpaired) electrons. The third-order valence-corrected chi connectivity index (χ3v) is 2.71. The highest BCUT2D eigenvalue weighted by molar-refractivity contribution is 5.78. The summed E-state index contributed by atoms with van der Waals surface area (Å²) >= 11 is 0. The molecule has 14 heavy (non-hydrogen) atoms. The van der Waals surface area contributed by atoms with Crippen LogP contribution in [0.1, 0.15) is 20.3 Å². The second-order valence-electron chi connectivity index (χ2n) is 4.86. The summed E-state index contributed by atoms with van der Waals surface area (Å²) in [6, 6.07) is 0. The normalized spacial score (nSPS) is 22.4. The standard InChI is InChI=1S/C11H22N2O/c1-9(2)11(14)13-6-5-10(8-13)7-12(3)4/h9-10H,5-8H2,1-4H3. The number of carbonyl (C=O) groups excluding carboxylic acids is 1. The van der Waals surface area contributed by atoms with Crippen molar-refractivity contribution in [3.63, 3.8) is 0 Å². The van der Waals surface area contributed by atoms with Gasteiger partial charge >= 0.3 is 0 Å². The van der Waals surface area contributed by atoms with E-state index >= 15 is 0 Å². The predicted molar refractivity (Wildman–Crippen MR) is 58.1 cm³/mol. The molecule has 1 aliphatic rings. The highest BCUT2D eigenvalue weighted by Crippen LogP contribution is 2.18. The van der Waals surface area contributed by atoms with Crippen LogP contribution in [0, 0.1) is 11.8 Å². The van der Waals surface area contributed by atoms with Crippen molar-refractivity contribution in [2.24, 2.45) is 11.8 Å². The van der Waals surface area contributed by atoms with Crippen LogP contribution in [-0.4, -0.2) is 49.4 Å². The van der Waals surface area contributed by atoms with Crippen molar-refractivity contribution in [2.45, 2.75) is 20.3 Å². The molecule has 1 aliphatic heterocycles. The average molecular weight is 198 g/mol. The van der Waals surface area contributed by atoms with E-state index in [4.69, 9.17) is 0 Å². The lowest BCUT2D eigenvalue weighted by Crippen LogP contribution is -2.33. The number of nitrogens with zero attached hydrogens (tertiary/aromatic N) is 2. The Bertz CT molecular complexity index is 201. The quantitative estimate of drug-likeness (QED) is 0.677. The minimum absolute atomic E-state index is 0.146. The molecule has 3 heteroatoms. The van der Waals surface area contributed by atoms with Gasteiger partial charge in [0.1, 0.15) is 0 Å². The zero-order valence-electron chi connectivity index (χ0n) is 9.79. The second kappa shape index (κ2) is 4.78. The molecule has 0 aromatic rings. The van der Waals surface area contributed by atoms with E-state index in [1.807, 2.05) is 18.7 Å². The lowest BCUT2D eigenvalue weighted by Gasteiger charge is -2.20. The fourth-order valence-electron chi connectivity index (χ4n) is 2.06. The van der Waals surface area contributed by atoms with Gasteiger partial charge in [0.25, 0.3) is 0 Å². The van der Waals surface area contributed by atoms with Gasteiger partial charge in [-0.15, -0.1) is 0 Å². The molecule has 0 spiro atoms. The lowest BCUT2D eigenvalue weighted by molar-refractivity contribution is -0.133. The summed E-state index contributed by atoms with van der Waals surface area (Å²) in [6.45, 7) is 6.95. The molecule has 0 aromatic heterocycles. The molecule has 82 valence electrons. The average Bonchev–Trinajstić information content (AvgIpc) is 2.50. The monoisotopic (exact) mass is 198 g/mol. The van der Waals surface area contributed by atoms with Crippen molar-refractivity contribution in [1.82, 2.24) is 9.80 Å². The van der Waals surface area contributed by atoms with Crippen molar-refractivity contribution < 1.29 is 4.79 Å². The molecular formula is C11H22N2O. The summed E-state index contributed by atoms with van der Waals surface area (Å²) < 4.78 is 0. The Labute approximate surface area is 87.1 Å². The summed E-state index contributed by atoms with van der Waals surface area (Å²) in [4.78, 5) is 15.9. The van der Waals surface area contributed by atoms with Crippen LogP contribution in [0.5, 0.6) is 0 Å². The predicted octanol–water partition coefficient (Wildman–Crippen LogP) is 1.05. The zero-order chi connectivity index (χ0) is 10.7. The molecule has 1 amide bonds. The summed E-state index contributed by atoms with van der Waals surface area (Å²) in [7, 11) is 4.18. The summed E-state index contributed by atoms with van der Waals surface area (Å²) in [5.41, 5.74) is 0. The summed E-state index contributed by atoms with van der Waals surface area (Å²) in [5.74, 6) is 1.13. The van der Waals surface area contributed by atoms with Crippen LogP contribution in [0.15, 0.2) is 0 Å². The van der Waals surface area contributed by atoms with Crippen LogP contribution in [0.2, 0.25) is 0 Å². The number of rotatable bonds is 3. The molecule has 1 fully saturated rings. The van der Waals surface area contributed by atoms with Crippen LogP contribution in [0.4, 0.5) is 0 Å². The fraction of sp³-hybridized carbons (Fsp3) is 0.909. The van der Waals surface area contributed by atoms with Crippen LogP contribution >= 0.6 is 0 Å². The van der Waals surface area contributed by atoms with Crippen molar-refractivity contribution >= 4 is 5.91 Å². The molecule has 1 rings (SSSR count). The fourth-order valence-corrected chi connectivity index (χ4v) is 2.06. The topological polar surface area (TPSA) is 23.6 Å². The molecular weight excluding hydrogens is 176 g/mol. The summed E-state index contributed by atoms with van der Waals surface area (Å²) in [6.07, 6.45) is 1.16. The van der Waals surface area contributed by atoms with Gasteiger partial charge in [0.15, 0.2) is 0 Å². The number of hydrogen-bond acceptors (Lipinski definition) is 2. The number of carbonyl (C=O) groups is 1. The van der Waals surface area contributed by atoms with Gasteiger partial charge in [0, 0.05) is 25.6 Å². The van der Waals surface area contributed by atoms with Gasteiger partial charge in [0.05, 0.1) is 0 Å². The van der Waals surface area contributed by atoms with Gasteiger partial charge in [-0.05, 0) is 26.4 Å². The van der Waals surface area contributed by atoms with Crippen molar-refractivity contribution in [3.8, 4) is 0 Å². The Hall–Kier alpha value is -0.570. The second-order valence-corrected chi connectivity index (χ2v) is 4.86. The first kappa shape index (κ1) is 11.5. The molecule has 0 saturated carbocycles. The van der Waals surface area contributed by atoms with E-state index in [1.165, 1.54) is 0 Å². The number of hydrogen-bond donors (Lipinski definition) is 0. The van der Waals surface area contributed by atoms with Gasteiger partial charge < -0.3 is 9.80 Å². The van der Waals surface area contributed by atoms with E-state index in [1.54, 1.807) is 0 Å². The van der Waals surface area contributed by atoms with E-state index in [9.17, 15) is 4.79 Å². The molecule has 0 N–H and O–H groups in total. The highest BCUT2D eigenvalue weighted by atomic mass is 16.2. The Morgan fingerprint density at radius 3 is 2.64 bits per heavy atom. The highest BCUT2D eigenvalue weighted by Gasteiger charge is 2.27. The van der Waals surface area contributed by atoms with E-state index < -0.39 is 0 Å². The van der Waals surface area contributed by atoms with E-state index in [-0.39, 0.29) is 5.92 Å². The van der Waals surface area contributed by atoms with E-state index in [2.05, 4.69) is 19.0 Å². The molecule has 1 heterocycles. The molecule has 0 aromatic carbocycles. The third-order valence-electron chi connectivity index (χ3n) is 2.71. The molecule has 1 unspecified atom stereocenters. The van der Waals surface area contributed by atoms with Crippen molar-refractivity contribution in [2.75, 3.05) is 33.7 Å². The largest absolute Gasteiger partial charge is 0.342 e. The van der Waals surface area contributed by atoms with Gasteiger partial charge in [-0.25, -0.2) is 0 Å². The Morgan fingerprint density at radius 1 is 1.50 bits per heavy atom. The number of likely N-dealkylation sites (tertiary alicyclic amines) is 1. The molecule has 0 aliphatic carbocycles.